The van der Waals surface area contributed by atoms with Gasteiger partial charge in [-0.25, -0.2) is 0 Å². The smallest absolute Gasteiger partial charge is 0.258 e. The summed E-state index contributed by atoms with van der Waals surface area (Å²) in [4.78, 5) is 42.1. The molecule has 0 bridgehead atoms. The van der Waals surface area contributed by atoms with Crippen molar-refractivity contribution in [3.63, 3.8) is 0 Å². The lowest BCUT2D eigenvalue weighted by Gasteiger charge is -2.43. The Bertz CT molecular complexity index is 984. The van der Waals surface area contributed by atoms with Crippen molar-refractivity contribution in [2.75, 3.05) is 19.7 Å². The third-order valence-electron chi connectivity index (χ3n) is 5.79. The number of ketones is 1. The van der Waals surface area contributed by atoms with Crippen LogP contribution in [0.4, 0.5) is 0 Å². The molecule has 31 heavy (non-hydrogen) atoms. The number of carbonyl (C=O) groups is 3. The molecule has 1 saturated heterocycles. The quantitative estimate of drug-likeness (QED) is 0.791. The Morgan fingerprint density at radius 2 is 1.94 bits per heavy atom. The molecule has 2 aromatic rings. The number of fused-ring (bicyclic) bond motifs is 1. The van der Waals surface area contributed by atoms with Crippen molar-refractivity contribution < 1.29 is 23.9 Å². The number of nitrogens with zero attached hydrogens (tertiary/aromatic N) is 2. The molecular formula is C23H25N3O5. The number of likely N-dealkylation sites (tertiary alicyclic amines) is 1. The molecule has 2 aliphatic heterocycles. The van der Waals surface area contributed by atoms with E-state index in [0.717, 1.165) is 5.56 Å². The number of amides is 2. The van der Waals surface area contributed by atoms with Gasteiger partial charge in [-0.1, -0.05) is 0 Å². The van der Waals surface area contributed by atoms with Crippen molar-refractivity contribution in [3.05, 3.63) is 53.9 Å². The zero-order valence-electron chi connectivity index (χ0n) is 17.4. The van der Waals surface area contributed by atoms with Crippen LogP contribution >= 0.6 is 0 Å². The molecule has 1 aromatic carbocycles. The number of aromatic nitrogens is 1. The SMILES string of the molecule is CC(=O)N1CCC2(CC1)CC(=O)c1ccc(OCC(=O)NCc3ccncc3)cc1O2. The molecule has 0 saturated carbocycles. The highest BCUT2D eigenvalue weighted by molar-refractivity contribution is 6.00. The van der Waals surface area contributed by atoms with E-state index < -0.39 is 5.60 Å². The monoisotopic (exact) mass is 423 g/mol. The lowest BCUT2D eigenvalue weighted by atomic mass is 9.82. The number of piperidine rings is 1. The normalized spacial score (nSPS) is 16.9. The second kappa shape index (κ2) is 8.75. The molecule has 2 amide bonds. The van der Waals surface area contributed by atoms with E-state index in [1.165, 1.54) is 0 Å². The fourth-order valence-electron chi connectivity index (χ4n) is 3.97. The predicted octanol–water partition coefficient (Wildman–Crippen LogP) is 2.12. The number of benzene rings is 1. The van der Waals surface area contributed by atoms with Gasteiger partial charge in [0.25, 0.3) is 5.91 Å². The summed E-state index contributed by atoms with van der Waals surface area (Å²) < 4.78 is 11.9. The first-order valence-electron chi connectivity index (χ1n) is 10.3. The van der Waals surface area contributed by atoms with Gasteiger partial charge in [0.15, 0.2) is 12.4 Å². The molecule has 1 fully saturated rings. The van der Waals surface area contributed by atoms with Crippen molar-refractivity contribution in [3.8, 4) is 11.5 Å². The number of ether oxygens (including phenoxy) is 2. The highest BCUT2D eigenvalue weighted by Crippen LogP contribution is 2.40. The van der Waals surface area contributed by atoms with Crippen LogP contribution < -0.4 is 14.8 Å². The van der Waals surface area contributed by atoms with Gasteiger partial charge in [0, 0.05) is 57.9 Å². The van der Waals surface area contributed by atoms with Crippen LogP contribution in [0.3, 0.4) is 0 Å². The highest BCUT2D eigenvalue weighted by Gasteiger charge is 2.43. The minimum atomic E-state index is -0.587. The molecule has 0 atom stereocenters. The minimum Gasteiger partial charge on any atom is -0.486 e. The first-order chi connectivity index (χ1) is 14.9. The first-order valence-corrected chi connectivity index (χ1v) is 10.3. The zero-order valence-corrected chi connectivity index (χ0v) is 17.4. The maximum absolute atomic E-state index is 12.7. The van der Waals surface area contributed by atoms with Crippen LogP contribution in [-0.4, -0.2) is 52.8 Å². The third kappa shape index (κ3) is 4.84. The summed E-state index contributed by atoms with van der Waals surface area (Å²) in [6.07, 6.45) is 4.87. The minimum absolute atomic E-state index is 0.0270. The molecule has 3 heterocycles. The van der Waals surface area contributed by atoms with E-state index in [9.17, 15) is 14.4 Å². The summed E-state index contributed by atoms with van der Waals surface area (Å²) in [6.45, 7) is 2.96. The maximum atomic E-state index is 12.7. The Hall–Kier alpha value is -3.42. The summed E-state index contributed by atoms with van der Waals surface area (Å²) >= 11 is 0. The van der Waals surface area contributed by atoms with E-state index in [2.05, 4.69) is 10.3 Å². The second-order valence-corrected chi connectivity index (χ2v) is 7.97. The third-order valence-corrected chi connectivity index (χ3v) is 5.79. The topological polar surface area (TPSA) is 97.8 Å². The maximum Gasteiger partial charge on any atom is 0.258 e. The molecule has 8 nitrogen and oxygen atoms in total. The Balaban J connectivity index is 1.36. The van der Waals surface area contributed by atoms with Crippen LogP contribution in [0, 0.1) is 0 Å². The standard InChI is InChI=1S/C23H25N3O5/c1-16(27)26-10-6-23(7-11-26)13-20(28)19-3-2-18(12-21(19)31-23)30-15-22(29)25-14-17-4-8-24-9-5-17/h2-5,8-9,12H,6-7,10-11,13-15H2,1H3,(H,25,29). The zero-order chi connectivity index (χ0) is 21.8. The molecule has 4 rings (SSSR count). The molecule has 1 spiro atoms. The van der Waals surface area contributed by atoms with Gasteiger partial charge < -0.3 is 19.7 Å². The molecule has 1 N–H and O–H groups in total. The van der Waals surface area contributed by atoms with E-state index in [-0.39, 0.29) is 24.2 Å². The van der Waals surface area contributed by atoms with E-state index in [4.69, 9.17) is 9.47 Å². The van der Waals surface area contributed by atoms with Gasteiger partial charge in [-0.05, 0) is 29.8 Å². The van der Waals surface area contributed by atoms with Crippen molar-refractivity contribution >= 4 is 17.6 Å². The molecule has 1 aromatic heterocycles. The predicted molar refractivity (Wildman–Crippen MR) is 112 cm³/mol. The number of rotatable bonds is 5. The Morgan fingerprint density at radius 1 is 1.19 bits per heavy atom. The van der Waals surface area contributed by atoms with E-state index in [1.54, 1.807) is 42.4 Å². The van der Waals surface area contributed by atoms with Crippen LogP contribution in [0.5, 0.6) is 11.5 Å². The molecule has 0 aliphatic carbocycles. The molecule has 162 valence electrons. The summed E-state index contributed by atoms with van der Waals surface area (Å²) in [5, 5.41) is 2.79. The number of carbonyl (C=O) groups excluding carboxylic acids is 3. The first kappa shape index (κ1) is 20.8. The van der Waals surface area contributed by atoms with Crippen molar-refractivity contribution in [1.82, 2.24) is 15.2 Å². The Morgan fingerprint density at radius 3 is 2.65 bits per heavy atom. The van der Waals surface area contributed by atoms with Gasteiger partial charge in [-0.15, -0.1) is 0 Å². The largest absolute Gasteiger partial charge is 0.486 e. The van der Waals surface area contributed by atoms with E-state index in [1.807, 2.05) is 12.1 Å². The second-order valence-electron chi connectivity index (χ2n) is 7.97. The van der Waals surface area contributed by atoms with Crippen LogP contribution in [-0.2, 0) is 16.1 Å². The summed E-state index contributed by atoms with van der Waals surface area (Å²) in [6, 6.07) is 8.68. The van der Waals surface area contributed by atoms with Gasteiger partial charge in [-0.2, -0.15) is 0 Å². The Kier molecular flexibility index (Phi) is 5.88. The van der Waals surface area contributed by atoms with Crippen LogP contribution in [0.25, 0.3) is 0 Å². The fraction of sp³-hybridized carbons (Fsp3) is 0.391. The van der Waals surface area contributed by atoms with E-state index in [0.29, 0.717) is 56.0 Å². The number of Topliss-reactive ketones (excluding diaryl/α,β-unsaturated/α-hetero) is 1. The fourth-order valence-corrected chi connectivity index (χ4v) is 3.97. The number of hydrogen-bond donors (Lipinski definition) is 1. The van der Waals surface area contributed by atoms with Crippen molar-refractivity contribution in [1.29, 1.82) is 0 Å². The van der Waals surface area contributed by atoms with Crippen molar-refractivity contribution in [2.45, 2.75) is 38.3 Å². The lowest BCUT2D eigenvalue weighted by Crippen LogP contribution is -2.51. The number of pyridine rings is 1. The van der Waals surface area contributed by atoms with Crippen molar-refractivity contribution in [2.24, 2.45) is 0 Å². The Labute approximate surface area is 180 Å². The van der Waals surface area contributed by atoms with Gasteiger partial charge in [-0.3, -0.25) is 19.4 Å². The number of hydrogen-bond acceptors (Lipinski definition) is 6. The van der Waals surface area contributed by atoms with Crippen LogP contribution in [0.2, 0.25) is 0 Å². The van der Waals surface area contributed by atoms with Gasteiger partial charge in [0.05, 0.1) is 12.0 Å². The average molecular weight is 423 g/mol. The lowest BCUT2D eigenvalue weighted by molar-refractivity contribution is -0.132. The van der Waals surface area contributed by atoms with Crippen LogP contribution in [0.15, 0.2) is 42.7 Å². The molecule has 0 unspecified atom stereocenters. The molecule has 0 radical (unpaired) electrons. The molecular weight excluding hydrogens is 398 g/mol. The summed E-state index contributed by atoms with van der Waals surface area (Å²) in [5.74, 6) is 0.750. The summed E-state index contributed by atoms with van der Waals surface area (Å²) in [7, 11) is 0. The summed E-state index contributed by atoms with van der Waals surface area (Å²) in [5.41, 5.74) is 0.885. The highest BCUT2D eigenvalue weighted by atomic mass is 16.5. The van der Waals surface area contributed by atoms with Gasteiger partial charge in [0.1, 0.15) is 17.1 Å². The average Bonchev–Trinajstić information content (AvgIpc) is 2.77. The van der Waals surface area contributed by atoms with Gasteiger partial charge >= 0.3 is 0 Å². The van der Waals surface area contributed by atoms with Crippen LogP contribution in [0.1, 0.15) is 42.1 Å². The van der Waals surface area contributed by atoms with E-state index >= 15 is 0 Å². The van der Waals surface area contributed by atoms with Gasteiger partial charge in [0.2, 0.25) is 5.91 Å². The molecule has 2 aliphatic rings. The number of nitrogens with one attached hydrogen (secondary N) is 1. The molecule has 8 heteroatoms.